The molecule has 0 fully saturated rings. The molecule has 3 rings (SSSR count). The van der Waals surface area contributed by atoms with Gasteiger partial charge < -0.3 is 10.1 Å². The van der Waals surface area contributed by atoms with Crippen molar-refractivity contribution in [2.45, 2.75) is 0 Å². The second-order valence-electron chi connectivity index (χ2n) is 4.34. The Kier molecular flexibility index (Phi) is 3.21. The van der Waals surface area contributed by atoms with E-state index in [1.807, 2.05) is 0 Å². The van der Waals surface area contributed by atoms with Gasteiger partial charge in [-0.3, -0.25) is 0 Å². The predicted molar refractivity (Wildman–Crippen MR) is 76.1 cm³/mol. The lowest BCUT2D eigenvalue weighted by Gasteiger charge is -2.02. The van der Waals surface area contributed by atoms with E-state index in [0.717, 1.165) is 12.1 Å². The fourth-order valence-corrected chi connectivity index (χ4v) is 2.49. The summed E-state index contributed by atoms with van der Waals surface area (Å²) in [7, 11) is 0. The molecule has 0 aliphatic carbocycles. The molecular weight excluding hydrogens is 346 g/mol. The Morgan fingerprint density at radius 3 is 2.52 bits per heavy atom. The number of benzene rings is 2. The SMILES string of the molecule is O=C(O)c1cccc2[nH]c(-c3c(F)cc(Br)cc3F)nc12. The lowest BCUT2D eigenvalue weighted by Crippen LogP contribution is -1.97. The highest BCUT2D eigenvalue weighted by Gasteiger charge is 2.18. The summed E-state index contributed by atoms with van der Waals surface area (Å²) in [5.41, 5.74) is 0.187. The number of para-hydroxylation sites is 1. The molecule has 0 saturated carbocycles. The zero-order valence-corrected chi connectivity index (χ0v) is 11.9. The van der Waals surface area contributed by atoms with Gasteiger partial charge in [0.25, 0.3) is 0 Å². The van der Waals surface area contributed by atoms with E-state index in [0.29, 0.717) is 5.52 Å². The Bertz CT molecular complexity index is 854. The number of aromatic nitrogens is 2. The molecule has 21 heavy (non-hydrogen) atoms. The van der Waals surface area contributed by atoms with Crippen LogP contribution >= 0.6 is 15.9 Å². The molecule has 2 N–H and O–H groups in total. The Morgan fingerprint density at radius 1 is 1.24 bits per heavy atom. The summed E-state index contributed by atoms with van der Waals surface area (Å²) in [6.07, 6.45) is 0. The van der Waals surface area contributed by atoms with Crippen LogP contribution in [-0.2, 0) is 0 Å². The number of aromatic carboxylic acids is 1. The van der Waals surface area contributed by atoms with E-state index in [2.05, 4.69) is 25.9 Å². The number of aromatic amines is 1. The fourth-order valence-electron chi connectivity index (χ4n) is 2.09. The second kappa shape index (κ2) is 4.92. The summed E-state index contributed by atoms with van der Waals surface area (Å²) in [6, 6.07) is 6.73. The smallest absolute Gasteiger partial charge is 0.337 e. The van der Waals surface area contributed by atoms with Gasteiger partial charge in [-0.1, -0.05) is 22.0 Å². The van der Waals surface area contributed by atoms with Gasteiger partial charge in [0, 0.05) is 4.47 Å². The molecule has 3 aromatic rings. The molecule has 0 aliphatic heterocycles. The van der Waals surface area contributed by atoms with Gasteiger partial charge in [-0.15, -0.1) is 0 Å². The van der Waals surface area contributed by atoms with Crippen LogP contribution in [0.2, 0.25) is 0 Å². The van der Waals surface area contributed by atoms with Crippen molar-refractivity contribution in [2.75, 3.05) is 0 Å². The van der Waals surface area contributed by atoms with Crippen LogP contribution in [0.5, 0.6) is 0 Å². The van der Waals surface area contributed by atoms with Crippen molar-refractivity contribution in [2.24, 2.45) is 0 Å². The van der Waals surface area contributed by atoms with Crippen LogP contribution in [0.25, 0.3) is 22.4 Å². The number of nitrogens with one attached hydrogen (secondary N) is 1. The van der Waals surface area contributed by atoms with Gasteiger partial charge in [0.2, 0.25) is 0 Å². The maximum Gasteiger partial charge on any atom is 0.337 e. The highest BCUT2D eigenvalue weighted by atomic mass is 79.9. The van der Waals surface area contributed by atoms with Crippen LogP contribution in [0.4, 0.5) is 8.78 Å². The van der Waals surface area contributed by atoms with E-state index in [1.54, 1.807) is 6.07 Å². The molecule has 0 spiro atoms. The molecule has 0 amide bonds. The summed E-state index contributed by atoms with van der Waals surface area (Å²) < 4.78 is 28.1. The van der Waals surface area contributed by atoms with Gasteiger partial charge in [-0.2, -0.15) is 0 Å². The molecule has 1 aromatic heterocycles. The number of H-pyrrole nitrogens is 1. The average molecular weight is 353 g/mol. The van der Waals surface area contributed by atoms with E-state index in [9.17, 15) is 13.6 Å². The number of carboxylic acid groups (broad SMARTS) is 1. The second-order valence-corrected chi connectivity index (χ2v) is 5.25. The summed E-state index contributed by atoms with van der Waals surface area (Å²) in [6.45, 7) is 0. The van der Waals surface area contributed by atoms with E-state index in [-0.39, 0.29) is 26.9 Å². The Hall–Kier alpha value is -2.28. The molecule has 7 heteroatoms. The highest BCUT2D eigenvalue weighted by Crippen LogP contribution is 2.29. The number of nitrogens with zero attached hydrogens (tertiary/aromatic N) is 1. The summed E-state index contributed by atoms with van der Waals surface area (Å²) in [5, 5.41) is 9.10. The lowest BCUT2D eigenvalue weighted by atomic mass is 10.2. The topological polar surface area (TPSA) is 66.0 Å². The van der Waals surface area contributed by atoms with Crippen LogP contribution in [0.15, 0.2) is 34.8 Å². The van der Waals surface area contributed by atoms with Gasteiger partial charge in [-0.25, -0.2) is 18.6 Å². The number of fused-ring (bicyclic) bond motifs is 1. The van der Waals surface area contributed by atoms with Gasteiger partial charge in [0.15, 0.2) is 0 Å². The summed E-state index contributed by atoms with van der Waals surface area (Å²) >= 11 is 3.00. The zero-order chi connectivity index (χ0) is 15.1. The predicted octanol–water partition coefficient (Wildman–Crippen LogP) is 3.97. The zero-order valence-electron chi connectivity index (χ0n) is 10.3. The van der Waals surface area contributed by atoms with Crippen LogP contribution in [0.3, 0.4) is 0 Å². The average Bonchev–Trinajstić information content (AvgIpc) is 2.79. The first-order valence-electron chi connectivity index (χ1n) is 5.84. The number of carbonyl (C=O) groups is 1. The van der Waals surface area contributed by atoms with Crippen molar-refractivity contribution in [3.63, 3.8) is 0 Å². The van der Waals surface area contributed by atoms with Gasteiger partial charge >= 0.3 is 5.97 Å². The molecule has 0 atom stereocenters. The van der Waals surface area contributed by atoms with Crippen LogP contribution < -0.4 is 0 Å². The molecule has 2 aromatic carbocycles. The Balaban J connectivity index is 2.28. The Labute approximate surface area is 125 Å². The number of rotatable bonds is 2. The molecule has 0 radical (unpaired) electrons. The monoisotopic (exact) mass is 352 g/mol. The molecule has 4 nitrogen and oxygen atoms in total. The van der Waals surface area contributed by atoms with E-state index < -0.39 is 17.6 Å². The van der Waals surface area contributed by atoms with Gasteiger partial charge in [0.05, 0.1) is 16.6 Å². The van der Waals surface area contributed by atoms with Crippen LogP contribution in [0, 0.1) is 11.6 Å². The molecule has 0 unspecified atom stereocenters. The number of hydrogen-bond donors (Lipinski definition) is 2. The van der Waals surface area contributed by atoms with E-state index >= 15 is 0 Å². The minimum atomic E-state index is -1.16. The van der Waals surface area contributed by atoms with Gasteiger partial charge in [-0.05, 0) is 24.3 Å². The first kappa shape index (κ1) is 13.7. The maximum absolute atomic E-state index is 13.9. The minimum Gasteiger partial charge on any atom is -0.478 e. The van der Waals surface area contributed by atoms with Crippen LogP contribution in [0.1, 0.15) is 10.4 Å². The molecule has 0 bridgehead atoms. The fraction of sp³-hybridized carbons (Fsp3) is 0. The van der Waals surface area contributed by atoms with Crippen molar-refractivity contribution < 1.29 is 18.7 Å². The standard InChI is InChI=1S/C14H7BrF2N2O2/c15-6-4-8(16)11(9(17)5-6)13-18-10-3-1-2-7(14(20)21)12(10)19-13/h1-5H,(H,18,19)(H,20,21). The Morgan fingerprint density at radius 2 is 1.90 bits per heavy atom. The third kappa shape index (κ3) is 2.29. The van der Waals surface area contributed by atoms with Crippen molar-refractivity contribution in [1.82, 2.24) is 9.97 Å². The van der Waals surface area contributed by atoms with Gasteiger partial charge in [0.1, 0.15) is 23.0 Å². The minimum absolute atomic E-state index is 0.0343. The molecule has 0 aliphatic rings. The number of hydrogen-bond acceptors (Lipinski definition) is 2. The van der Waals surface area contributed by atoms with Crippen molar-refractivity contribution >= 4 is 32.9 Å². The number of imidazole rings is 1. The van der Waals surface area contributed by atoms with Crippen molar-refractivity contribution in [3.8, 4) is 11.4 Å². The molecule has 1 heterocycles. The van der Waals surface area contributed by atoms with E-state index in [4.69, 9.17) is 5.11 Å². The number of halogens is 3. The van der Waals surface area contributed by atoms with Crippen molar-refractivity contribution in [3.05, 3.63) is 52.0 Å². The molecular formula is C14H7BrF2N2O2. The first-order valence-corrected chi connectivity index (χ1v) is 6.63. The van der Waals surface area contributed by atoms with Crippen molar-refractivity contribution in [1.29, 1.82) is 0 Å². The number of carboxylic acids is 1. The van der Waals surface area contributed by atoms with Crippen LogP contribution in [-0.4, -0.2) is 21.0 Å². The quantitative estimate of drug-likeness (QED) is 0.733. The summed E-state index contributed by atoms with van der Waals surface area (Å²) in [5.74, 6) is -2.80. The maximum atomic E-state index is 13.9. The third-order valence-corrected chi connectivity index (χ3v) is 3.44. The lowest BCUT2D eigenvalue weighted by molar-refractivity contribution is 0.0699. The summed E-state index contributed by atoms with van der Waals surface area (Å²) in [4.78, 5) is 17.9. The largest absolute Gasteiger partial charge is 0.478 e. The highest BCUT2D eigenvalue weighted by molar-refractivity contribution is 9.10. The van der Waals surface area contributed by atoms with E-state index in [1.165, 1.54) is 12.1 Å². The molecule has 106 valence electrons. The first-order chi connectivity index (χ1) is 9.97. The molecule has 0 saturated heterocycles. The third-order valence-electron chi connectivity index (χ3n) is 2.99. The normalized spacial score (nSPS) is 11.0.